The van der Waals surface area contributed by atoms with E-state index in [1.807, 2.05) is 0 Å². The molecule has 0 unspecified atom stereocenters. The Morgan fingerprint density at radius 2 is 1.95 bits per heavy atom. The van der Waals surface area contributed by atoms with Gasteiger partial charge in [0.15, 0.2) is 0 Å². The molecule has 0 atom stereocenters. The molecule has 110 valence electrons. The van der Waals surface area contributed by atoms with E-state index in [4.69, 9.17) is 0 Å². The van der Waals surface area contributed by atoms with Gasteiger partial charge >= 0.3 is 5.97 Å². The van der Waals surface area contributed by atoms with E-state index in [9.17, 15) is 13.2 Å². The van der Waals surface area contributed by atoms with E-state index in [0.29, 0.717) is 12.5 Å². The largest absolute Gasteiger partial charge is 0.469 e. The van der Waals surface area contributed by atoms with Crippen LogP contribution in [-0.2, 0) is 26.0 Å². The molecule has 1 aliphatic carbocycles. The van der Waals surface area contributed by atoms with Crippen LogP contribution >= 0.6 is 0 Å². The highest BCUT2D eigenvalue weighted by atomic mass is 32.2. The predicted molar refractivity (Wildman–Crippen MR) is 74.7 cm³/mol. The van der Waals surface area contributed by atoms with Crippen molar-refractivity contribution in [3.8, 4) is 0 Å². The molecule has 1 N–H and O–H groups in total. The van der Waals surface area contributed by atoms with E-state index >= 15 is 0 Å². The summed E-state index contributed by atoms with van der Waals surface area (Å²) >= 11 is 0. The van der Waals surface area contributed by atoms with E-state index in [0.717, 1.165) is 12.0 Å². The number of carbonyl (C=O) groups excluding carboxylic acids is 1. The summed E-state index contributed by atoms with van der Waals surface area (Å²) in [6.07, 6.45) is 3.47. The fourth-order valence-corrected chi connectivity index (χ4v) is 2.96. The molecule has 1 aromatic rings. The summed E-state index contributed by atoms with van der Waals surface area (Å²) in [4.78, 5) is 11.3. The zero-order chi connectivity index (χ0) is 14.6. The third kappa shape index (κ3) is 4.31. The van der Waals surface area contributed by atoms with E-state index < -0.39 is 10.0 Å². The fourth-order valence-electron chi connectivity index (χ4n) is 1.91. The summed E-state index contributed by atoms with van der Waals surface area (Å²) in [6, 6.07) is 6.29. The van der Waals surface area contributed by atoms with Gasteiger partial charge in [-0.1, -0.05) is 25.0 Å². The van der Waals surface area contributed by atoms with E-state index in [-0.39, 0.29) is 17.3 Å². The number of esters is 1. The van der Waals surface area contributed by atoms with Crippen molar-refractivity contribution in [3.05, 3.63) is 29.8 Å². The number of sulfonamides is 1. The molecule has 0 aliphatic heterocycles. The molecule has 0 radical (unpaired) electrons. The van der Waals surface area contributed by atoms with Gasteiger partial charge in [-0.25, -0.2) is 13.1 Å². The quantitative estimate of drug-likeness (QED) is 0.774. The highest BCUT2D eigenvalue weighted by Gasteiger charge is 2.22. The van der Waals surface area contributed by atoms with Crippen LogP contribution in [0.1, 0.15) is 24.8 Å². The minimum absolute atomic E-state index is 0.145. The number of hydrogen-bond acceptors (Lipinski definition) is 4. The average molecular weight is 297 g/mol. The van der Waals surface area contributed by atoms with E-state index in [1.165, 1.54) is 32.1 Å². The van der Waals surface area contributed by atoms with Gasteiger partial charge in [-0.2, -0.15) is 0 Å². The van der Waals surface area contributed by atoms with Gasteiger partial charge in [0.1, 0.15) is 0 Å². The van der Waals surface area contributed by atoms with Crippen molar-refractivity contribution < 1.29 is 17.9 Å². The number of rotatable bonds is 7. The minimum atomic E-state index is -3.45. The second kappa shape index (κ2) is 6.37. The van der Waals surface area contributed by atoms with Crippen LogP contribution in [0, 0.1) is 5.92 Å². The maximum absolute atomic E-state index is 12.0. The van der Waals surface area contributed by atoms with Crippen molar-refractivity contribution in [2.24, 2.45) is 5.92 Å². The van der Waals surface area contributed by atoms with Crippen LogP contribution in [0.3, 0.4) is 0 Å². The first-order chi connectivity index (χ1) is 9.51. The van der Waals surface area contributed by atoms with Crippen LogP contribution in [0.25, 0.3) is 0 Å². The second-order valence-electron chi connectivity index (χ2n) is 5.03. The molecule has 20 heavy (non-hydrogen) atoms. The first-order valence-electron chi connectivity index (χ1n) is 6.66. The highest BCUT2D eigenvalue weighted by molar-refractivity contribution is 7.89. The summed E-state index contributed by atoms with van der Waals surface area (Å²) in [5.74, 6) is 0.350. The summed E-state index contributed by atoms with van der Waals surface area (Å²) in [6.45, 7) is 0.483. The molecular weight excluding hydrogens is 278 g/mol. The monoisotopic (exact) mass is 297 g/mol. The predicted octanol–water partition coefficient (Wildman–Crippen LogP) is 1.48. The third-order valence-electron chi connectivity index (χ3n) is 3.35. The van der Waals surface area contributed by atoms with Crippen molar-refractivity contribution in [3.63, 3.8) is 0 Å². The third-order valence-corrected chi connectivity index (χ3v) is 4.83. The van der Waals surface area contributed by atoms with Gasteiger partial charge < -0.3 is 4.74 Å². The minimum Gasteiger partial charge on any atom is -0.469 e. The Morgan fingerprint density at radius 3 is 2.50 bits per heavy atom. The van der Waals surface area contributed by atoms with Crippen molar-refractivity contribution in [2.75, 3.05) is 13.7 Å². The van der Waals surface area contributed by atoms with Crippen molar-refractivity contribution in [1.82, 2.24) is 4.72 Å². The summed E-state index contributed by atoms with van der Waals surface area (Å²) in [5.41, 5.74) is 0.730. The Morgan fingerprint density at radius 1 is 1.30 bits per heavy atom. The molecule has 1 aromatic carbocycles. The van der Waals surface area contributed by atoms with Gasteiger partial charge in [-0.15, -0.1) is 0 Å². The van der Waals surface area contributed by atoms with Gasteiger partial charge in [0.05, 0.1) is 18.4 Å². The summed E-state index contributed by atoms with van der Waals surface area (Å²) in [5, 5.41) is 0. The van der Waals surface area contributed by atoms with Crippen LogP contribution in [-0.4, -0.2) is 28.0 Å². The lowest BCUT2D eigenvalue weighted by Crippen LogP contribution is -2.25. The number of nitrogens with one attached hydrogen (secondary N) is 1. The standard InChI is InChI=1S/C14H19NO4S/c1-19-14(16)10-12-4-6-13(7-5-12)20(17,18)15-9-8-11-2-3-11/h4-7,11,15H,2-3,8-10H2,1H3. The van der Waals surface area contributed by atoms with Crippen molar-refractivity contribution in [1.29, 1.82) is 0 Å². The summed E-state index contributed by atoms with van der Waals surface area (Å²) in [7, 11) is -2.12. The van der Waals surface area contributed by atoms with Crippen LogP contribution in [0.2, 0.25) is 0 Å². The first-order valence-corrected chi connectivity index (χ1v) is 8.15. The highest BCUT2D eigenvalue weighted by Crippen LogP contribution is 2.31. The molecule has 1 saturated carbocycles. The fraction of sp³-hybridized carbons (Fsp3) is 0.500. The van der Waals surface area contributed by atoms with Crippen LogP contribution in [0.5, 0.6) is 0 Å². The molecular formula is C14H19NO4S. The number of benzene rings is 1. The lowest BCUT2D eigenvalue weighted by Gasteiger charge is -2.07. The Bertz CT molecular complexity index is 561. The zero-order valence-electron chi connectivity index (χ0n) is 11.5. The lowest BCUT2D eigenvalue weighted by molar-refractivity contribution is -0.139. The van der Waals surface area contributed by atoms with Gasteiger partial charge in [-0.05, 0) is 30.0 Å². The number of carbonyl (C=O) groups is 1. The molecule has 0 bridgehead atoms. The molecule has 6 heteroatoms. The second-order valence-corrected chi connectivity index (χ2v) is 6.79. The Labute approximate surface area is 119 Å². The van der Waals surface area contributed by atoms with Crippen LogP contribution < -0.4 is 4.72 Å². The number of ether oxygens (including phenoxy) is 1. The van der Waals surface area contributed by atoms with Gasteiger partial charge in [0, 0.05) is 6.54 Å². The van der Waals surface area contributed by atoms with Crippen molar-refractivity contribution >= 4 is 16.0 Å². The van der Waals surface area contributed by atoms with Gasteiger partial charge in [0.25, 0.3) is 0 Å². The molecule has 5 nitrogen and oxygen atoms in total. The molecule has 1 aliphatic rings. The smallest absolute Gasteiger partial charge is 0.309 e. The molecule has 0 saturated heterocycles. The topological polar surface area (TPSA) is 72.5 Å². The Kier molecular flexibility index (Phi) is 4.77. The molecule has 0 amide bonds. The van der Waals surface area contributed by atoms with E-state index in [1.54, 1.807) is 12.1 Å². The Balaban J connectivity index is 1.94. The van der Waals surface area contributed by atoms with Crippen molar-refractivity contribution in [2.45, 2.75) is 30.6 Å². The van der Waals surface area contributed by atoms with Crippen LogP contribution in [0.4, 0.5) is 0 Å². The molecule has 0 aromatic heterocycles. The van der Waals surface area contributed by atoms with Crippen LogP contribution in [0.15, 0.2) is 29.2 Å². The SMILES string of the molecule is COC(=O)Cc1ccc(S(=O)(=O)NCCC2CC2)cc1. The number of methoxy groups -OCH3 is 1. The molecule has 0 spiro atoms. The lowest BCUT2D eigenvalue weighted by atomic mass is 10.2. The van der Waals surface area contributed by atoms with Gasteiger partial charge in [-0.3, -0.25) is 4.79 Å². The first kappa shape index (κ1) is 15.0. The maximum atomic E-state index is 12.0. The van der Waals surface area contributed by atoms with Gasteiger partial charge in [0.2, 0.25) is 10.0 Å². The maximum Gasteiger partial charge on any atom is 0.309 e. The normalized spacial score (nSPS) is 15.1. The number of hydrogen-bond donors (Lipinski definition) is 1. The Hall–Kier alpha value is -1.40. The molecule has 1 fully saturated rings. The average Bonchev–Trinajstić information content (AvgIpc) is 3.23. The molecule has 0 heterocycles. The summed E-state index contributed by atoms with van der Waals surface area (Å²) < 4.78 is 31.2. The zero-order valence-corrected chi connectivity index (χ0v) is 12.3. The molecule has 2 rings (SSSR count). The van der Waals surface area contributed by atoms with E-state index in [2.05, 4.69) is 9.46 Å².